The van der Waals surface area contributed by atoms with Gasteiger partial charge in [0.05, 0.1) is 13.2 Å². The van der Waals surface area contributed by atoms with Crippen LogP contribution in [0, 0.1) is 0 Å². The van der Waals surface area contributed by atoms with E-state index in [9.17, 15) is 9.59 Å². The number of unbranched alkanes of at least 4 members (excludes halogenated alkanes) is 16. The molecule has 0 atom stereocenters. The Bertz CT molecular complexity index is 379. The Morgan fingerprint density at radius 3 is 0.862 bits per heavy atom. The van der Waals surface area contributed by atoms with Gasteiger partial charge in [0.25, 0.3) is 0 Å². The number of carbonyl (C=O) groups excluding carboxylic acids is 2. The first kappa shape index (κ1) is 27.4. The highest BCUT2D eigenvalue weighted by molar-refractivity contribution is 5.81. The first-order chi connectivity index (χ1) is 14.2. The zero-order chi connectivity index (χ0) is 21.4. The molecule has 0 rings (SSSR count). The van der Waals surface area contributed by atoms with Crippen LogP contribution in [0.5, 0.6) is 0 Å². The van der Waals surface area contributed by atoms with E-state index in [2.05, 4.69) is 13.2 Å². The van der Waals surface area contributed by atoms with E-state index in [1.807, 2.05) is 0 Å². The van der Waals surface area contributed by atoms with Gasteiger partial charge in [0.2, 0.25) is 0 Å². The third kappa shape index (κ3) is 22.6. The Morgan fingerprint density at radius 1 is 0.448 bits per heavy atom. The van der Waals surface area contributed by atoms with Gasteiger partial charge in [-0.1, -0.05) is 109 Å². The standard InChI is InChI=1S/C25H44O4/c1-3-24(26)28-22-20-18-16-14-12-10-8-6-5-7-9-11-13-15-17-19-21-23-29-25(27)4-2/h3-4H,1-2,5-23H2. The number of ether oxygens (including phenoxy) is 2. The van der Waals surface area contributed by atoms with Crippen molar-refractivity contribution in [1.29, 1.82) is 0 Å². The molecule has 0 amide bonds. The van der Waals surface area contributed by atoms with E-state index >= 15 is 0 Å². The molecule has 0 bridgehead atoms. The maximum atomic E-state index is 10.9. The maximum absolute atomic E-state index is 10.9. The van der Waals surface area contributed by atoms with E-state index in [1.54, 1.807) is 0 Å². The fourth-order valence-corrected chi connectivity index (χ4v) is 3.32. The van der Waals surface area contributed by atoms with Gasteiger partial charge in [-0.05, 0) is 12.8 Å². The third-order valence-corrected chi connectivity index (χ3v) is 5.11. The first-order valence-corrected chi connectivity index (χ1v) is 11.8. The van der Waals surface area contributed by atoms with Crippen LogP contribution in [-0.2, 0) is 19.1 Å². The minimum atomic E-state index is -0.314. The zero-order valence-corrected chi connectivity index (χ0v) is 18.6. The molecule has 168 valence electrons. The molecule has 0 aromatic rings. The monoisotopic (exact) mass is 408 g/mol. The number of esters is 2. The molecule has 4 heteroatoms. The van der Waals surface area contributed by atoms with Gasteiger partial charge in [0.1, 0.15) is 0 Å². The van der Waals surface area contributed by atoms with Crippen molar-refractivity contribution in [3.63, 3.8) is 0 Å². The van der Waals surface area contributed by atoms with Crippen LogP contribution in [0.3, 0.4) is 0 Å². The molecule has 0 spiro atoms. The van der Waals surface area contributed by atoms with Crippen LogP contribution in [0.15, 0.2) is 25.3 Å². The molecule has 0 radical (unpaired) electrons. The average molecular weight is 409 g/mol. The molecule has 0 N–H and O–H groups in total. The molecule has 0 unspecified atom stereocenters. The fraction of sp³-hybridized carbons (Fsp3) is 0.760. The summed E-state index contributed by atoms with van der Waals surface area (Å²) in [6.45, 7) is 7.82. The van der Waals surface area contributed by atoms with Gasteiger partial charge in [-0.3, -0.25) is 0 Å². The number of hydrogen-bond acceptors (Lipinski definition) is 4. The molecule has 0 aliphatic heterocycles. The van der Waals surface area contributed by atoms with E-state index in [1.165, 1.54) is 95.6 Å². The summed E-state index contributed by atoms with van der Waals surface area (Å²) in [4.78, 5) is 21.7. The topological polar surface area (TPSA) is 52.6 Å². The molecule has 0 saturated carbocycles. The summed E-state index contributed by atoms with van der Waals surface area (Å²) in [6.07, 6.45) is 24.0. The van der Waals surface area contributed by atoms with Gasteiger partial charge in [-0.25, -0.2) is 9.59 Å². The van der Waals surface area contributed by atoms with Crippen molar-refractivity contribution >= 4 is 11.9 Å². The molecule has 0 aromatic heterocycles. The summed E-state index contributed by atoms with van der Waals surface area (Å²) >= 11 is 0. The highest BCUT2D eigenvalue weighted by Gasteiger charge is 1.97. The summed E-state index contributed by atoms with van der Waals surface area (Å²) < 4.78 is 9.92. The largest absolute Gasteiger partial charge is 0.463 e. The smallest absolute Gasteiger partial charge is 0.330 e. The van der Waals surface area contributed by atoms with Gasteiger partial charge in [-0.2, -0.15) is 0 Å². The molecular formula is C25H44O4. The number of hydrogen-bond donors (Lipinski definition) is 0. The van der Waals surface area contributed by atoms with Gasteiger partial charge in [0.15, 0.2) is 0 Å². The molecule has 4 nitrogen and oxygen atoms in total. The third-order valence-electron chi connectivity index (χ3n) is 5.11. The molecule has 0 aliphatic rings. The van der Waals surface area contributed by atoms with Crippen molar-refractivity contribution in [3.05, 3.63) is 25.3 Å². The van der Waals surface area contributed by atoms with Crippen LogP contribution in [-0.4, -0.2) is 25.2 Å². The van der Waals surface area contributed by atoms with Crippen LogP contribution in [0.2, 0.25) is 0 Å². The Kier molecular flexibility index (Phi) is 21.5. The van der Waals surface area contributed by atoms with E-state index in [4.69, 9.17) is 9.47 Å². The van der Waals surface area contributed by atoms with E-state index < -0.39 is 0 Å². The lowest BCUT2D eigenvalue weighted by atomic mass is 10.0. The van der Waals surface area contributed by atoms with Crippen molar-refractivity contribution in [2.75, 3.05) is 13.2 Å². The summed E-state index contributed by atoms with van der Waals surface area (Å²) in [5.74, 6) is -0.628. The molecule has 0 fully saturated rings. The van der Waals surface area contributed by atoms with Crippen LogP contribution in [0.4, 0.5) is 0 Å². The molecule has 0 heterocycles. The minimum Gasteiger partial charge on any atom is -0.463 e. The van der Waals surface area contributed by atoms with Crippen LogP contribution >= 0.6 is 0 Å². The summed E-state index contributed by atoms with van der Waals surface area (Å²) in [7, 11) is 0. The second-order valence-electron chi connectivity index (χ2n) is 7.75. The lowest BCUT2D eigenvalue weighted by molar-refractivity contribution is -0.138. The summed E-state index contributed by atoms with van der Waals surface area (Å²) in [5, 5.41) is 0. The van der Waals surface area contributed by atoms with E-state index in [-0.39, 0.29) is 11.9 Å². The average Bonchev–Trinajstić information content (AvgIpc) is 2.74. The second-order valence-corrected chi connectivity index (χ2v) is 7.75. The molecule has 29 heavy (non-hydrogen) atoms. The van der Waals surface area contributed by atoms with Gasteiger partial charge < -0.3 is 9.47 Å². The van der Waals surface area contributed by atoms with Gasteiger partial charge in [0, 0.05) is 12.2 Å². The highest BCUT2D eigenvalue weighted by atomic mass is 16.5. The Labute approximate surface area is 179 Å². The summed E-state index contributed by atoms with van der Waals surface area (Å²) in [6, 6.07) is 0. The lowest BCUT2D eigenvalue weighted by Crippen LogP contribution is -2.01. The van der Waals surface area contributed by atoms with Crippen molar-refractivity contribution in [2.24, 2.45) is 0 Å². The second kappa shape index (κ2) is 22.7. The fourth-order valence-electron chi connectivity index (χ4n) is 3.32. The maximum Gasteiger partial charge on any atom is 0.330 e. The van der Waals surface area contributed by atoms with Crippen molar-refractivity contribution < 1.29 is 19.1 Å². The van der Waals surface area contributed by atoms with Crippen molar-refractivity contribution in [1.82, 2.24) is 0 Å². The molecule has 0 saturated heterocycles. The molecular weight excluding hydrogens is 364 g/mol. The van der Waals surface area contributed by atoms with E-state index in [0.717, 1.165) is 25.7 Å². The predicted octanol–water partition coefficient (Wildman–Crippen LogP) is 7.08. The molecule has 0 aliphatic carbocycles. The minimum absolute atomic E-state index is 0.314. The Balaban J connectivity index is 3.06. The summed E-state index contributed by atoms with van der Waals surface area (Å²) in [5.41, 5.74) is 0. The highest BCUT2D eigenvalue weighted by Crippen LogP contribution is 2.14. The normalized spacial score (nSPS) is 10.5. The number of rotatable bonds is 22. The lowest BCUT2D eigenvalue weighted by Gasteiger charge is -2.04. The predicted molar refractivity (Wildman–Crippen MR) is 121 cm³/mol. The quantitative estimate of drug-likeness (QED) is 0.109. The first-order valence-electron chi connectivity index (χ1n) is 11.8. The van der Waals surface area contributed by atoms with Gasteiger partial charge >= 0.3 is 11.9 Å². The Hall–Kier alpha value is -1.58. The van der Waals surface area contributed by atoms with E-state index in [0.29, 0.717) is 13.2 Å². The van der Waals surface area contributed by atoms with Gasteiger partial charge in [-0.15, -0.1) is 0 Å². The van der Waals surface area contributed by atoms with Crippen molar-refractivity contribution in [3.8, 4) is 0 Å². The van der Waals surface area contributed by atoms with Crippen molar-refractivity contribution in [2.45, 2.75) is 109 Å². The van der Waals surface area contributed by atoms with Crippen LogP contribution in [0.1, 0.15) is 109 Å². The zero-order valence-electron chi connectivity index (χ0n) is 18.6. The number of carbonyl (C=O) groups is 2. The molecule has 0 aromatic carbocycles. The van der Waals surface area contributed by atoms with Crippen LogP contribution in [0.25, 0.3) is 0 Å². The Morgan fingerprint density at radius 2 is 0.655 bits per heavy atom. The van der Waals surface area contributed by atoms with Crippen LogP contribution < -0.4 is 0 Å². The SMILES string of the molecule is C=CC(=O)OCCCCCCCCCCCCCCCCCCCOC(=O)C=C.